The zero-order valence-electron chi connectivity index (χ0n) is 41.1. The third-order valence-corrected chi connectivity index (χ3v) is 14.8. The molecule has 0 fully saturated rings. The number of benzene rings is 10. The van der Waals surface area contributed by atoms with Gasteiger partial charge in [-0.1, -0.05) is 157 Å². The minimum absolute atomic E-state index is 0.192. The summed E-state index contributed by atoms with van der Waals surface area (Å²) >= 11 is 0. The second kappa shape index (κ2) is 18.3. The lowest BCUT2D eigenvalue weighted by atomic mass is 9.82. The van der Waals surface area contributed by atoms with Crippen LogP contribution in [0.2, 0.25) is 0 Å². The first-order chi connectivity index (χ1) is 35.9. The van der Waals surface area contributed by atoms with Gasteiger partial charge in [0.25, 0.3) is 0 Å². The zero-order valence-corrected chi connectivity index (χ0v) is 41.1. The van der Waals surface area contributed by atoms with E-state index in [1.807, 2.05) is 64.1 Å². The number of nitrogens with one attached hydrogen (secondary N) is 2. The van der Waals surface area contributed by atoms with E-state index in [9.17, 15) is 17.6 Å². The summed E-state index contributed by atoms with van der Waals surface area (Å²) in [5.41, 5.74) is 16.0. The molecule has 0 aromatic heterocycles. The van der Waals surface area contributed by atoms with E-state index in [4.69, 9.17) is 0 Å². The van der Waals surface area contributed by atoms with Crippen LogP contribution in [0.15, 0.2) is 194 Å². The molecule has 0 unspecified atom stereocenters. The molecule has 12 rings (SSSR count). The number of hydrogen-bond donors (Lipinski definition) is 2. The number of Topliss-reactive ketones (excluding diaryl/α,β-unsaturated/α-hetero) is 1. The average molecular weight is 973 g/mol. The van der Waals surface area contributed by atoms with E-state index in [-0.39, 0.29) is 29.1 Å². The number of carbonyl (C=O) groups is 1. The lowest BCUT2D eigenvalue weighted by Crippen LogP contribution is -2.14. The summed E-state index contributed by atoms with van der Waals surface area (Å²) in [6.07, 6.45) is 0. The highest BCUT2D eigenvalue weighted by atomic mass is 19.1. The fourth-order valence-corrected chi connectivity index (χ4v) is 11.7. The smallest absolute Gasteiger partial charge is 0.198 e. The number of rotatable bonds is 12. The summed E-state index contributed by atoms with van der Waals surface area (Å²) in [5.74, 6) is -2.54. The van der Waals surface area contributed by atoms with Crippen LogP contribution in [0.3, 0.4) is 0 Å². The number of anilines is 2. The normalized spacial score (nSPS) is 12.8. The third kappa shape index (κ3) is 7.96. The molecule has 2 aliphatic rings. The first-order valence-corrected chi connectivity index (χ1v) is 24.8. The lowest BCUT2D eigenvalue weighted by molar-refractivity contribution is -0.108. The molecule has 10 aromatic rings. The molecular formula is C67H48F4N2O. The molecule has 0 amide bonds. The number of allylic oxidation sites excluding steroid dienone is 2. The van der Waals surface area contributed by atoms with Crippen molar-refractivity contribution >= 4 is 61.2 Å². The second-order valence-corrected chi connectivity index (χ2v) is 19.7. The van der Waals surface area contributed by atoms with Crippen LogP contribution in [0.1, 0.15) is 89.7 Å². The number of aryl methyl sites for hydroxylation is 4. The second-order valence-electron chi connectivity index (χ2n) is 19.7. The first kappa shape index (κ1) is 46.3. The van der Waals surface area contributed by atoms with E-state index in [1.54, 1.807) is 48.5 Å². The van der Waals surface area contributed by atoms with Crippen LogP contribution in [0.5, 0.6) is 0 Å². The number of hydrogen-bond acceptors (Lipinski definition) is 3. The zero-order chi connectivity index (χ0) is 50.9. The molecule has 0 saturated carbocycles. The summed E-state index contributed by atoms with van der Waals surface area (Å²) in [4.78, 5) is 16.7. The molecule has 0 atom stereocenters. The van der Waals surface area contributed by atoms with Crippen molar-refractivity contribution in [3.63, 3.8) is 0 Å². The van der Waals surface area contributed by atoms with Crippen molar-refractivity contribution in [2.45, 2.75) is 39.5 Å². The third-order valence-electron chi connectivity index (χ3n) is 14.8. The van der Waals surface area contributed by atoms with Crippen molar-refractivity contribution in [2.24, 2.45) is 0 Å². The number of halogens is 4. The first-order valence-electron chi connectivity index (χ1n) is 24.8. The molecule has 0 spiro atoms. The van der Waals surface area contributed by atoms with E-state index < -0.39 is 11.8 Å². The van der Waals surface area contributed by atoms with Crippen molar-refractivity contribution in [1.82, 2.24) is 0 Å². The molecule has 3 nitrogen and oxygen atoms in total. The summed E-state index contributed by atoms with van der Waals surface area (Å²) in [6.45, 7) is 8.16. The molecule has 74 heavy (non-hydrogen) atoms. The van der Waals surface area contributed by atoms with Crippen LogP contribution in [0.25, 0.3) is 44.1 Å². The van der Waals surface area contributed by atoms with Crippen LogP contribution < -0.4 is 10.6 Å². The van der Waals surface area contributed by atoms with Gasteiger partial charge in [0, 0.05) is 34.3 Å². The van der Waals surface area contributed by atoms with Crippen LogP contribution in [0, 0.1) is 51.0 Å². The molecule has 0 bridgehead atoms. The Morgan fingerprint density at radius 3 is 0.986 bits per heavy atom. The van der Waals surface area contributed by atoms with Gasteiger partial charge in [0.2, 0.25) is 0 Å². The van der Waals surface area contributed by atoms with E-state index in [0.717, 1.165) is 111 Å². The maximum Gasteiger partial charge on any atom is 0.198 e. The maximum atomic E-state index is 16.7. The predicted octanol–water partition coefficient (Wildman–Crippen LogP) is 17.0. The summed E-state index contributed by atoms with van der Waals surface area (Å²) < 4.78 is 58.4. The van der Waals surface area contributed by atoms with Crippen LogP contribution in [-0.4, -0.2) is 5.78 Å². The maximum absolute atomic E-state index is 16.7. The van der Waals surface area contributed by atoms with Crippen LogP contribution in [-0.2, 0) is 4.79 Å². The van der Waals surface area contributed by atoms with E-state index in [1.165, 1.54) is 48.5 Å². The monoisotopic (exact) mass is 972 g/mol. The fourth-order valence-electron chi connectivity index (χ4n) is 11.7. The molecule has 0 aliphatic heterocycles. The average Bonchev–Trinajstić information content (AvgIpc) is 3.92. The highest BCUT2D eigenvalue weighted by molar-refractivity contribution is 6.54. The molecule has 7 heteroatoms. The van der Waals surface area contributed by atoms with Crippen molar-refractivity contribution in [2.75, 3.05) is 10.6 Å². The van der Waals surface area contributed by atoms with Gasteiger partial charge in [0.05, 0.1) is 22.5 Å². The fraction of sp³-hybridized carbons (Fsp3) is 0.0896. The quantitative estimate of drug-likeness (QED) is 0.0947. The van der Waals surface area contributed by atoms with Crippen LogP contribution >= 0.6 is 0 Å². The SMILES string of the molecule is Cc1cc(C)c(NC2=C(C(=O)C3=C(Nc4c(C)cc(C)cc4C(c4ccc(F)cc4)c4ccc(F)cc4)c4cccc5cccc3c45)c3cccc4cccc2c34)c(C(c2ccc(F)cc2)c2ccc(F)cc2)c1. The van der Waals surface area contributed by atoms with E-state index in [0.29, 0.717) is 22.5 Å². The minimum Gasteiger partial charge on any atom is -0.354 e. The Bertz CT molecular complexity index is 3620. The van der Waals surface area contributed by atoms with Gasteiger partial charge < -0.3 is 10.6 Å². The van der Waals surface area contributed by atoms with Crippen LogP contribution in [0.4, 0.5) is 28.9 Å². The van der Waals surface area contributed by atoms with Gasteiger partial charge in [0.1, 0.15) is 23.3 Å². The number of carbonyl (C=O) groups excluding carboxylic acids is 1. The number of ketones is 1. The van der Waals surface area contributed by atoms with Crippen molar-refractivity contribution in [3.8, 4) is 0 Å². The highest BCUT2D eigenvalue weighted by Crippen LogP contribution is 2.51. The molecule has 2 aliphatic carbocycles. The summed E-state index contributed by atoms with van der Waals surface area (Å²) in [6, 6.07) is 58.6. The Labute approximate surface area is 427 Å². The minimum atomic E-state index is -0.447. The molecule has 2 N–H and O–H groups in total. The molecule has 0 radical (unpaired) electrons. The van der Waals surface area contributed by atoms with Gasteiger partial charge >= 0.3 is 0 Å². The molecule has 0 heterocycles. The van der Waals surface area contributed by atoms with Gasteiger partial charge in [-0.2, -0.15) is 0 Å². The van der Waals surface area contributed by atoms with E-state index in [2.05, 4.69) is 71.3 Å². The van der Waals surface area contributed by atoms with Crippen molar-refractivity contribution in [1.29, 1.82) is 0 Å². The van der Waals surface area contributed by atoms with Gasteiger partial charge in [-0.05, 0) is 153 Å². The topological polar surface area (TPSA) is 41.1 Å². The Balaban J connectivity index is 1.09. The Morgan fingerprint density at radius 1 is 0.378 bits per heavy atom. The molecular weight excluding hydrogens is 925 g/mol. The Hall–Kier alpha value is -8.81. The summed E-state index contributed by atoms with van der Waals surface area (Å²) in [5, 5.41) is 11.7. The molecule has 0 saturated heterocycles. The Morgan fingerprint density at radius 2 is 0.676 bits per heavy atom. The van der Waals surface area contributed by atoms with Gasteiger partial charge in [-0.15, -0.1) is 0 Å². The van der Waals surface area contributed by atoms with Crippen molar-refractivity contribution < 1.29 is 22.4 Å². The van der Waals surface area contributed by atoms with Crippen molar-refractivity contribution in [3.05, 3.63) is 295 Å². The Kier molecular flexibility index (Phi) is 11.5. The van der Waals surface area contributed by atoms with Gasteiger partial charge in [-0.25, -0.2) is 17.6 Å². The molecule has 360 valence electrons. The van der Waals surface area contributed by atoms with Gasteiger partial charge in [-0.3, -0.25) is 4.79 Å². The predicted molar refractivity (Wildman–Crippen MR) is 293 cm³/mol. The standard InChI is InChI=1S/C67H48F4N2O/c1-37-33-39(3)63(55(35-37)57(43-17-25-47(68)26-18-43)44-19-27-48(69)28-20-44)72-65-53-15-7-11-41-9-5-13-51(59(41)53)61(65)67(74)62-52-14-6-10-42-12-8-16-54(60(42)52)66(62)73-64-40(4)34-38(2)36-56(64)58(45-21-29-49(70)30-22-45)46-23-31-50(71)32-24-46/h5-36,57-58,72-73H,1-4H3. The largest absolute Gasteiger partial charge is 0.354 e. The van der Waals surface area contributed by atoms with E-state index >= 15 is 4.79 Å². The summed E-state index contributed by atoms with van der Waals surface area (Å²) in [7, 11) is 0. The van der Waals surface area contributed by atoms with Gasteiger partial charge in [0.15, 0.2) is 5.78 Å². The molecule has 10 aromatic carbocycles. The lowest BCUT2D eigenvalue weighted by Gasteiger charge is -2.26. The highest BCUT2D eigenvalue weighted by Gasteiger charge is 2.37.